The normalized spacial score (nSPS) is 24.0. The molecule has 1 N–H and O–H groups in total. The Hall–Kier alpha value is -3.27. The van der Waals surface area contributed by atoms with Crippen LogP contribution in [-0.2, 0) is 19.2 Å². The monoisotopic (exact) mass is 570 g/mol. The van der Waals surface area contributed by atoms with E-state index in [4.69, 9.17) is 18.9 Å². The highest BCUT2D eigenvalue weighted by Gasteiger charge is 2.45. The standard InChI is InChI=1S/C32H43FN2O6/c1-21-17-26-29(39-25-12-10-24(11-13-25)22(2)19-30(35-7)41-33)20-38-31(26)28(18-21)40-27(23(3)34-6)9-8-15-37-16-14-32(4,5)36/h8-13,18-19,21,26,29,31,36H,6,14-17,20H2,1-5,7H3/b9-8-,22-19+,27-23+,35-30?/t21-,26?,29?,31?/m0/s1. The largest absolute Gasteiger partial charge is 0.488 e. The molecule has 1 aliphatic carbocycles. The van der Waals surface area contributed by atoms with Crippen molar-refractivity contribution in [2.45, 2.75) is 65.3 Å². The summed E-state index contributed by atoms with van der Waals surface area (Å²) in [6, 6.07) is 7.63. The van der Waals surface area contributed by atoms with E-state index >= 15 is 0 Å². The summed E-state index contributed by atoms with van der Waals surface area (Å²) in [7, 11) is 1.47. The lowest BCUT2D eigenvalue weighted by Crippen LogP contribution is -2.34. The van der Waals surface area contributed by atoms with E-state index < -0.39 is 5.60 Å². The van der Waals surface area contributed by atoms with Gasteiger partial charge in [-0.1, -0.05) is 25.1 Å². The number of hydrogen-bond donors (Lipinski definition) is 1. The molecule has 0 aromatic heterocycles. The van der Waals surface area contributed by atoms with Crippen molar-refractivity contribution in [3.05, 3.63) is 71.3 Å². The zero-order valence-electron chi connectivity index (χ0n) is 24.9. The second kappa shape index (κ2) is 15.1. The van der Waals surface area contributed by atoms with E-state index in [1.807, 2.05) is 50.3 Å². The number of ether oxygens (including phenoxy) is 4. The quantitative estimate of drug-likeness (QED) is 0.0972. The van der Waals surface area contributed by atoms with Crippen molar-refractivity contribution in [1.29, 1.82) is 0 Å². The lowest BCUT2D eigenvalue weighted by Gasteiger charge is -2.31. The first-order valence-corrected chi connectivity index (χ1v) is 13.9. The molecule has 1 aromatic carbocycles. The molecule has 1 aliphatic heterocycles. The van der Waals surface area contributed by atoms with Crippen molar-refractivity contribution in [3.8, 4) is 5.75 Å². The van der Waals surface area contributed by atoms with E-state index in [0.717, 1.165) is 29.1 Å². The summed E-state index contributed by atoms with van der Waals surface area (Å²) in [6.45, 7) is 14.3. The third-order valence-electron chi connectivity index (χ3n) is 7.08. The van der Waals surface area contributed by atoms with Crippen LogP contribution in [0.15, 0.2) is 75.8 Å². The smallest absolute Gasteiger partial charge is 0.258 e. The summed E-state index contributed by atoms with van der Waals surface area (Å²) < 4.78 is 37.1. The number of halogens is 1. The van der Waals surface area contributed by atoms with Gasteiger partial charge in [0.25, 0.3) is 5.90 Å². The van der Waals surface area contributed by atoms with Gasteiger partial charge in [-0.05, 0) is 88.6 Å². The van der Waals surface area contributed by atoms with Crippen LogP contribution in [0, 0.1) is 11.8 Å². The third kappa shape index (κ3) is 9.66. The van der Waals surface area contributed by atoms with Crippen molar-refractivity contribution >= 4 is 18.2 Å². The third-order valence-corrected chi connectivity index (χ3v) is 7.08. The number of benzene rings is 1. The Kier molecular flexibility index (Phi) is 11.9. The van der Waals surface area contributed by atoms with Crippen molar-refractivity contribution in [2.75, 3.05) is 26.9 Å². The average molecular weight is 571 g/mol. The zero-order chi connectivity index (χ0) is 30.0. The summed E-state index contributed by atoms with van der Waals surface area (Å²) in [6.07, 6.45) is 8.42. The number of nitrogens with zero attached hydrogens (tertiary/aromatic N) is 2. The van der Waals surface area contributed by atoms with Crippen LogP contribution in [0.1, 0.15) is 53.0 Å². The minimum absolute atomic E-state index is 0.0856. The molecular weight excluding hydrogens is 527 g/mol. The number of aliphatic hydroxyl groups is 1. The Morgan fingerprint density at radius 1 is 1.24 bits per heavy atom. The lowest BCUT2D eigenvalue weighted by molar-refractivity contribution is -0.0220. The first-order chi connectivity index (χ1) is 19.5. The lowest BCUT2D eigenvalue weighted by atomic mass is 9.82. The minimum atomic E-state index is -0.758. The molecule has 41 heavy (non-hydrogen) atoms. The highest BCUT2D eigenvalue weighted by atomic mass is 19.3. The Bertz CT molecular complexity index is 1180. The van der Waals surface area contributed by atoms with Crippen LogP contribution in [0.2, 0.25) is 0 Å². The summed E-state index contributed by atoms with van der Waals surface area (Å²) in [5, 5.41) is 9.83. The van der Waals surface area contributed by atoms with E-state index in [9.17, 15) is 9.63 Å². The van der Waals surface area contributed by atoms with Gasteiger partial charge in [0.15, 0.2) is 0 Å². The van der Waals surface area contributed by atoms with Crippen LogP contribution in [0.3, 0.4) is 0 Å². The molecule has 4 atom stereocenters. The fourth-order valence-corrected chi connectivity index (χ4v) is 4.72. The summed E-state index contributed by atoms with van der Waals surface area (Å²) >= 11 is 0. The molecule has 0 saturated carbocycles. The fourth-order valence-electron chi connectivity index (χ4n) is 4.72. The van der Waals surface area contributed by atoms with Gasteiger partial charge in [-0.3, -0.25) is 14.9 Å². The van der Waals surface area contributed by atoms with E-state index in [-0.39, 0.29) is 29.9 Å². The van der Waals surface area contributed by atoms with Crippen LogP contribution in [0.5, 0.6) is 5.75 Å². The van der Waals surface area contributed by atoms with Gasteiger partial charge in [0, 0.05) is 30.2 Å². The van der Waals surface area contributed by atoms with Crippen LogP contribution >= 0.6 is 0 Å². The molecule has 0 amide bonds. The van der Waals surface area contributed by atoms with Crippen LogP contribution in [-0.4, -0.2) is 62.4 Å². The van der Waals surface area contributed by atoms with E-state index in [1.165, 1.54) is 13.1 Å². The van der Waals surface area contributed by atoms with Gasteiger partial charge < -0.3 is 24.1 Å². The Balaban J connectivity index is 1.65. The molecule has 1 aromatic rings. The molecule has 8 nitrogen and oxygen atoms in total. The predicted octanol–water partition coefficient (Wildman–Crippen LogP) is 6.39. The van der Waals surface area contributed by atoms with Gasteiger partial charge in [-0.15, -0.1) is 0 Å². The number of hydrogen-bond acceptors (Lipinski definition) is 8. The Morgan fingerprint density at radius 3 is 2.61 bits per heavy atom. The first kappa shape index (κ1) is 32.2. The zero-order valence-corrected chi connectivity index (χ0v) is 24.9. The SMILES string of the molecule is C=N/C(C)=C(\C=C/COCCC(C)(C)O)OC1=C[C@@H](C)CC2C(Oc3ccc(/C(C)=C/C(=NC)OF)cc3)COC12. The molecule has 0 spiro atoms. The van der Waals surface area contributed by atoms with Gasteiger partial charge in [-0.25, -0.2) is 0 Å². The van der Waals surface area contributed by atoms with Gasteiger partial charge in [-0.2, -0.15) is 0 Å². The van der Waals surface area contributed by atoms with Crippen molar-refractivity contribution < 1.29 is 33.5 Å². The second-order valence-corrected chi connectivity index (χ2v) is 11.1. The Morgan fingerprint density at radius 2 is 1.98 bits per heavy atom. The number of rotatable bonds is 13. The van der Waals surface area contributed by atoms with Crippen molar-refractivity contribution in [3.63, 3.8) is 0 Å². The summed E-state index contributed by atoms with van der Waals surface area (Å²) in [5.74, 6) is 2.35. The molecule has 0 radical (unpaired) electrons. The highest BCUT2D eigenvalue weighted by Crippen LogP contribution is 2.40. The molecule has 0 bridgehead atoms. The van der Waals surface area contributed by atoms with Gasteiger partial charge >= 0.3 is 0 Å². The fraction of sp³-hybridized carbons (Fsp3) is 0.500. The molecule has 3 rings (SSSR count). The molecule has 2 aliphatic rings. The van der Waals surface area contributed by atoms with Crippen molar-refractivity contribution in [2.24, 2.45) is 21.8 Å². The summed E-state index contributed by atoms with van der Waals surface area (Å²) in [5.41, 5.74) is 1.61. The van der Waals surface area contributed by atoms with Gasteiger partial charge in [0.05, 0.1) is 24.5 Å². The van der Waals surface area contributed by atoms with Crippen LogP contribution in [0.25, 0.3) is 5.57 Å². The number of allylic oxidation sites excluding steroid dienone is 4. The average Bonchev–Trinajstić information content (AvgIpc) is 3.34. The molecule has 1 fully saturated rings. The topological polar surface area (TPSA) is 91.1 Å². The van der Waals surface area contributed by atoms with E-state index in [0.29, 0.717) is 37.7 Å². The maximum Gasteiger partial charge on any atom is 0.258 e. The first-order valence-electron chi connectivity index (χ1n) is 13.9. The maximum absolute atomic E-state index is 12.5. The summed E-state index contributed by atoms with van der Waals surface area (Å²) in [4.78, 5) is 11.6. The molecule has 9 heteroatoms. The highest BCUT2D eigenvalue weighted by molar-refractivity contribution is 5.94. The molecule has 1 heterocycles. The van der Waals surface area contributed by atoms with Crippen LogP contribution in [0.4, 0.5) is 4.53 Å². The maximum atomic E-state index is 12.5. The second-order valence-electron chi connectivity index (χ2n) is 11.1. The van der Waals surface area contributed by atoms with Crippen molar-refractivity contribution in [1.82, 2.24) is 0 Å². The van der Waals surface area contributed by atoms with E-state index in [1.54, 1.807) is 13.8 Å². The van der Waals surface area contributed by atoms with Gasteiger partial charge in [0.1, 0.15) is 29.5 Å². The number of fused-ring (bicyclic) bond motifs is 1. The van der Waals surface area contributed by atoms with E-state index in [2.05, 4.69) is 34.6 Å². The molecular formula is C32H43FN2O6. The number of aliphatic imine (C=N–C) groups is 2. The molecule has 3 unspecified atom stereocenters. The van der Waals surface area contributed by atoms with Crippen LogP contribution < -0.4 is 4.74 Å². The van der Waals surface area contributed by atoms with Gasteiger partial charge in [0.2, 0.25) is 0 Å². The predicted molar refractivity (Wildman–Crippen MR) is 159 cm³/mol. The minimum Gasteiger partial charge on any atom is -0.488 e. The Labute approximate surface area is 242 Å². The molecule has 1 saturated heterocycles. The molecule has 224 valence electrons.